The first-order valence-corrected chi connectivity index (χ1v) is 8.98. The summed E-state index contributed by atoms with van der Waals surface area (Å²) in [4.78, 5) is 0.809. The number of hydrogen-bond donors (Lipinski definition) is 1. The zero-order chi connectivity index (χ0) is 17.1. The normalized spacial score (nSPS) is 12.1. The fourth-order valence-electron chi connectivity index (χ4n) is 2.24. The Hall–Kier alpha value is -2.60. The van der Waals surface area contributed by atoms with Gasteiger partial charge in [-0.05, 0) is 48.9 Å². The number of hydrogen-bond acceptors (Lipinski definition) is 5. The standard InChI is InChI=1S/C18H18N2O3S/c1-12-17(19)18(20-23-12)14-5-7-15(8-6-14)22-11-13-3-9-16(10-4-13)24(2)21/h3-10H,11,19H2,1-2H3. The Morgan fingerprint density at radius 2 is 1.79 bits per heavy atom. The number of aryl methyl sites for hydroxylation is 1. The van der Waals surface area contributed by atoms with E-state index in [1.807, 2.05) is 48.5 Å². The van der Waals surface area contributed by atoms with Gasteiger partial charge in [0, 0.05) is 27.5 Å². The molecule has 0 aliphatic heterocycles. The molecule has 0 radical (unpaired) electrons. The minimum Gasteiger partial charge on any atom is -0.489 e. The van der Waals surface area contributed by atoms with Crippen LogP contribution in [-0.4, -0.2) is 15.6 Å². The number of nitrogens with zero attached hydrogens (tertiary/aromatic N) is 1. The molecule has 6 heteroatoms. The highest BCUT2D eigenvalue weighted by Gasteiger charge is 2.11. The maximum atomic E-state index is 11.4. The minimum atomic E-state index is -0.963. The van der Waals surface area contributed by atoms with Crippen molar-refractivity contribution >= 4 is 16.5 Å². The van der Waals surface area contributed by atoms with Crippen LogP contribution in [0.3, 0.4) is 0 Å². The van der Waals surface area contributed by atoms with E-state index >= 15 is 0 Å². The predicted molar refractivity (Wildman–Crippen MR) is 94.2 cm³/mol. The van der Waals surface area contributed by atoms with Crippen molar-refractivity contribution in [1.29, 1.82) is 0 Å². The van der Waals surface area contributed by atoms with Crippen LogP contribution in [0.5, 0.6) is 5.75 Å². The van der Waals surface area contributed by atoms with Crippen LogP contribution in [0.15, 0.2) is 57.9 Å². The Labute approximate surface area is 142 Å². The van der Waals surface area contributed by atoms with Crippen molar-refractivity contribution in [2.24, 2.45) is 0 Å². The van der Waals surface area contributed by atoms with Gasteiger partial charge in [0.1, 0.15) is 23.7 Å². The number of rotatable bonds is 5. The van der Waals surface area contributed by atoms with E-state index in [1.54, 1.807) is 13.2 Å². The summed E-state index contributed by atoms with van der Waals surface area (Å²) in [5.74, 6) is 1.36. The summed E-state index contributed by atoms with van der Waals surface area (Å²) in [5.41, 5.74) is 9.02. The molecule has 5 nitrogen and oxygen atoms in total. The molecule has 2 aromatic carbocycles. The molecule has 124 valence electrons. The Morgan fingerprint density at radius 1 is 1.12 bits per heavy atom. The molecule has 1 atom stereocenters. The lowest BCUT2D eigenvalue weighted by Gasteiger charge is -2.07. The van der Waals surface area contributed by atoms with Crippen LogP contribution < -0.4 is 10.5 Å². The van der Waals surface area contributed by atoms with Gasteiger partial charge in [-0.1, -0.05) is 17.3 Å². The molecule has 1 unspecified atom stereocenters. The molecule has 0 amide bonds. The Kier molecular flexibility index (Phi) is 4.66. The SMILES string of the molecule is Cc1onc(-c2ccc(OCc3ccc(S(C)=O)cc3)cc2)c1N. The Morgan fingerprint density at radius 3 is 2.33 bits per heavy atom. The number of benzene rings is 2. The van der Waals surface area contributed by atoms with E-state index in [1.165, 1.54) is 0 Å². The maximum absolute atomic E-state index is 11.4. The lowest BCUT2D eigenvalue weighted by atomic mass is 10.1. The third kappa shape index (κ3) is 3.49. The average Bonchev–Trinajstić information content (AvgIpc) is 2.93. The molecule has 0 fully saturated rings. The number of nitrogen functional groups attached to an aromatic ring is 1. The van der Waals surface area contributed by atoms with Crippen LogP contribution >= 0.6 is 0 Å². The molecule has 0 saturated carbocycles. The first-order valence-electron chi connectivity index (χ1n) is 7.42. The second-order valence-electron chi connectivity index (χ2n) is 5.41. The summed E-state index contributed by atoms with van der Waals surface area (Å²) < 4.78 is 22.2. The van der Waals surface area contributed by atoms with Gasteiger partial charge in [-0.15, -0.1) is 0 Å². The van der Waals surface area contributed by atoms with Gasteiger partial charge in [0.2, 0.25) is 0 Å². The summed E-state index contributed by atoms with van der Waals surface area (Å²) >= 11 is 0. The van der Waals surface area contributed by atoms with Crippen LogP contribution in [0.25, 0.3) is 11.3 Å². The van der Waals surface area contributed by atoms with Crippen molar-refractivity contribution in [1.82, 2.24) is 5.16 Å². The highest BCUT2D eigenvalue weighted by Crippen LogP contribution is 2.28. The molecule has 24 heavy (non-hydrogen) atoms. The zero-order valence-electron chi connectivity index (χ0n) is 13.5. The molecular weight excluding hydrogens is 324 g/mol. The van der Waals surface area contributed by atoms with Gasteiger partial charge in [-0.2, -0.15) is 0 Å². The van der Waals surface area contributed by atoms with E-state index in [4.69, 9.17) is 15.0 Å². The van der Waals surface area contributed by atoms with E-state index in [2.05, 4.69) is 5.16 Å². The molecule has 1 heterocycles. The summed E-state index contributed by atoms with van der Waals surface area (Å²) in [7, 11) is -0.963. The number of ether oxygens (including phenoxy) is 1. The Balaban J connectivity index is 1.66. The van der Waals surface area contributed by atoms with Crippen molar-refractivity contribution in [3.05, 3.63) is 59.9 Å². The molecule has 0 aliphatic rings. The smallest absolute Gasteiger partial charge is 0.157 e. The summed E-state index contributed by atoms with van der Waals surface area (Å²) in [6, 6.07) is 15.1. The largest absolute Gasteiger partial charge is 0.489 e. The van der Waals surface area contributed by atoms with Gasteiger partial charge in [0.15, 0.2) is 5.76 Å². The average molecular weight is 342 g/mol. The van der Waals surface area contributed by atoms with Crippen LogP contribution in [0.2, 0.25) is 0 Å². The van der Waals surface area contributed by atoms with Crippen LogP contribution in [0, 0.1) is 6.92 Å². The lowest BCUT2D eigenvalue weighted by Crippen LogP contribution is -1.96. The Bertz CT molecular complexity index is 855. The fraction of sp³-hybridized carbons (Fsp3) is 0.167. The van der Waals surface area contributed by atoms with Gasteiger partial charge in [0.05, 0.1) is 0 Å². The molecule has 3 rings (SSSR count). The summed E-state index contributed by atoms with van der Waals surface area (Å²) in [6.07, 6.45) is 1.66. The summed E-state index contributed by atoms with van der Waals surface area (Å²) in [5, 5.41) is 3.97. The van der Waals surface area contributed by atoms with E-state index in [0.717, 1.165) is 21.8 Å². The van der Waals surface area contributed by atoms with Gasteiger partial charge in [-0.25, -0.2) is 0 Å². The van der Waals surface area contributed by atoms with Gasteiger partial charge >= 0.3 is 0 Å². The second-order valence-corrected chi connectivity index (χ2v) is 6.79. The van der Waals surface area contributed by atoms with E-state index in [0.29, 0.717) is 23.7 Å². The highest BCUT2D eigenvalue weighted by atomic mass is 32.2. The third-order valence-corrected chi connectivity index (χ3v) is 4.63. The molecule has 2 N–H and O–H groups in total. The van der Waals surface area contributed by atoms with Crippen molar-refractivity contribution in [2.45, 2.75) is 18.4 Å². The third-order valence-electron chi connectivity index (χ3n) is 3.70. The molecule has 0 bridgehead atoms. The molecule has 0 aliphatic carbocycles. The van der Waals surface area contributed by atoms with Crippen molar-refractivity contribution in [2.75, 3.05) is 12.0 Å². The number of nitrogens with two attached hydrogens (primary N) is 1. The zero-order valence-corrected chi connectivity index (χ0v) is 14.3. The molecular formula is C18H18N2O3S. The molecule has 3 aromatic rings. The van der Waals surface area contributed by atoms with Crippen LogP contribution in [0.1, 0.15) is 11.3 Å². The van der Waals surface area contributed by atoms with Crippen molar-refractivity contribution in [3.63, 3.8) is 0 Å². The fourth-order valence-corrected chi connectivity index (χ4v) is 2.76. The first kappa shape index (κ1) is 16.3. The molecule has 0 spiro atoms. The number of anilines is 1. The van der Waals surface area contributed by atoms with Gasteiger partial charge < -0.3 is 15.0 Å². The van der Waals surface area contributed by atoms with E-state index in [-0.39, 0.29) is 0 Å². The van der Waals surface area contributed by atoms with Crippen molar-refractivity contribution < 1.29 is 13.5 Å². The number of aromatic nitrogens is 1. The van der Waals surface area contributed by atoms with Crippen LogP contribution in [-0.2, 0) is 17.4 Å². The minimum absolute atomic E-state index is 0.446. The maximum Gasteiger partial charge on any atom is 0.157 e. The van der Waals surface area contributed by atoms with Crippen LogP contribution in [0.4, 0.5) is 5.69 Å². The predicted octanol–water partition coefficient (Wildman–Crippen LogP) is 3.55. The monoisotopic (exact) mass is 342 g/mol. The quantitative estimate of drug-likeness (QED) is 0.767. The van der Waals surface area contributed by atoms with Gasteiger partial charge in [-0.3, -0.25) is 4.21 Å². The van der Waals surface area contributed by atoms with Gasteiger partial charge in [0.25, 0.3) is 0 Å². The van der Waals surface area contributed by atoms with E-state index in [9.17, 15) is 4.21 Å². The topological polar surface area (TPSA) is 78.4 Å². The van der Waals surface area contributed by atoms with Crippen molar-refractivity contribution in [3.8, 4) is 17.0 Å². The first-order chi connectivity index (χ1) is 11.5. The lowest BCUT2D eigenvalue weighted by molar-refractivity contribution is 0.306. The van der Waals surface area contributed by atoms with E-state index < -0.39 is 10.8 Å². The summed E-state index contributed by atoms with van der Waals surface area (Å²) in [6.45, 7) is 2.23. The molecule has 1 aromatic heterocycles. The molecule has 0 saturated heterocycles. The highest BCUT2D eigenvalue weighted by molar-refractivity contribution is 7.84. The second kappa shape index (κ2) is 6.88.